The number of nitrogens with two attached hydrogens (primary N) is 1. The molecule has 70 valence electrons. The summed E-state index contributed by atoms with van der Waals surface area (Å²) in [5.74, 6) is -0.391. The Kier molecular flexibility index (Phi) is 2.85. The Labute approximate surface area is 73.6 Å². The van der Waals surface area contributed by atoms with Gasteiger partial charge in [-0.2, -0.15) is 5.10 Å². The number of amidine groups is 1. The molecule has 0 saturated carbocycles. The molecular formula is C6H9N5O2. The van der Waals surface area contributed by atoms with Crippen LogP contribution >= 0.6 is 0 Å². The van der Waals surface area contributed by atoms with Crippen LogP contribution < -0.4 is 11.1 Å². The molecule has 0 spiro atoms. The second-order valence-corrected chi connectivity index (χ2v) is 2.26. The minimum atomic E-state index is -0.333. The van der Waals surface area contributed by atoms with Crippen molar-refractivity contribution < 1.29 is 10.0 Å². The third kappa shape index (κ3) is 2.47. The Balaban J connectivity index is 2.44. The molecule has 1 heterocycles. The van der Waals surface area contributed by atoms with Crippen LogP contribution in [0.25, 0.3) is 0 Å². The Hall–Kier alpha value is -2.05. The zero-order valence-corrected chi connectivity index (χ0v) is 6.69. The van der Waals surface area contributed by atoms with E-state index >= 15 is 0 Å². The van der Waals surface area contributed by atoms with Crippen LogP contribution in [-0.4, -0.2) is 33.7 Å². The van der Waals surface area contributed by atoms with Gasteiger partial charge < -0.3 is 16.3 Å². The molecule has 0 atom stereocenters. The number of rotatable bonds is 3. The van der Waals surface area contributed by atoms with Gasteiger partial charge in [0.15, 0.2) is 5.84 Å². The molecule has 0 aromatic carbocycles. The minimum absolute atomic E-state index is 0.000509. The molecule has 1 aromatic rings. The van der Waals surface area contributed by atoms with Gasteiger partial charge in [0.2, 0.25) is 0 Å². The lowest BCUT2D eigenvalue weighted by Gasteiger charge is -2.00. The molecular weight excluding hydrogens is 174 g/mol. The number of hydrogen-bond donors (Lipinski definition) is 4. The Morgan fingerprint density at radius 2 is 2.62 bits per heavy atom. The number of nitrogens with one attached hydrogen (secondary N) is 2. The van der Waals surface area contributed by atoms with E-state index in [1.54, 1.807) is 0 Å². The van der Waals surface area contributed by atoms with Crippen molar-refractivity contribution in [2.24, 2.45) is 10.9 Å². The fourth-order valence-corrected chi connectivity index (χ4v) is 0.683. The summed E-state index contributed by atoms with van der Waals surface area (Å²) in [7, 11) is 0. The molecule has 5 N–H and O–H groups in total. The maximum Gasteiger partial charge on any atom is 0.254 e. The summed E-state index contributed by atoms with van der Waals surface area (Å²) in [5, 5.41) is 19.4. The monoisotopic (exact) mass is 183 g/mol. The lowest BCUT2D eigenvalue weighted by molar-refractivity contribution is 0.0959. The number of carbonyl (C=O) groups excluding carboxylic acids is 1. The number of amides is 1. The number of H-pyrrole nitrogens is 1. The highest BCUT2D eigenvalue weighted by Crippen LogP contribution is 1.91. The lowest BCUT2D eigenvalue weighted by Crippen LogP contribution is -2.33. The normalized spacial score (nSPS) is 11.2. The van der Waals surface area contributed by atoms with Gasteiger partial charge in [-0.3, -0.25) is 9.89 Å². The molecule has 0 saturated heterocycles. The molecule has 0 unspecified atom stereocenters. The van der Waals surface area contributed by atoms with E-state index in [0.29, 0.717) is 5.56 Å². The molecule has 1 rings (SSSR count). The number of nitrogens with zero attached hydrogens (tertiary/aromatic N) is 2. The second kappa shape index (κ2) is 4.10. The van der Waals surface area contributed by atoms with Gasteiger partial charge in [0.1, 0.15) is 0 Å². The summed E-state index contributed by atoms with van der Waals surface area (Å²) in [6.07, 6.45) is 2.82. The molecule has 0 aliphatic rings. The molecule has 13 heavy (non-hydrogen) atoms. The van der Waals surface area contributed by atoms with Crippen molar-refractivity contribution in [3.8, 4) is 0 Å². The number of hydrogen-bond acceptors (Lipinski definition) is 4. The smallest absolute Gasteiger partial charge is 0.254 e. The van der Waals surface area contributed by atoms with Gasteiger partial charge in [-0.1, -0.05) is 5.16 Å². The molecule has 7 heteroatoms. The summed E-state index contributed by atoms with van der Waals surface area (Å²) in [5.41, 5.74) is 5.53. The van der Waals surface area contributed by atoms with Gasteiger partial charge in [-0.05, 0) is 0 Å². The van der Waals surface area contributed by atoms with E-state index in [1.807, 2.05) is 0 Å². The van der Waals surface area contributed by atoms with Gasteiger partial charge >= 0.3 is 0 Å². The summed E-state index contributed by atoms with van der Waals surface area (Å²) in [4.78, 5) is 11.2. The van der Waals surface area contributed by atoms with Gasteiger partial charge in [0, 0.05) is 6.20 Å². The fourth-order valence-electron chi connectivity index (χ4n) is 0.683. The van der Waals surface area contributed by atoms with E-state index in [2.05, 4.69) is 20.7 Å². The highest BCUT2D eigenvalue weighted by molar-refractivity contribution is 5.96. The average Bonchev–Trinajstić information content (AvgIpc) is 2.66. The molecule has 1 aromatic heterocycles. The van der Waals surface area contributed by atoms with Crippen molar-refractivity contribution >= 4 is 11.7 Å². The summed E-state index contributed by atoms with van der Waals surface area (Å²) >= 11 is 0. The van der Waals surface area contributed by atoms with Crippen LogP contribution in [-0.2, 0) is 0 Å². The quantitative estimate of drug-likeness (QED) is 0.205. The summed E-state index contributed by atoms with van der Waals surface area (Å²) in [6, 6.07) is 0. The maximum absolute atomic E-state index is 11.2. The van der Waals surface area contributed by atoms with Crippen LogP contribution in [0.1, 0.15) is 10.4 Å². The highest BCUT2D eigenvalue weighted by Gasteiger charge is 2.05. The van der Waals surface area contributed by atoms with E-state index < -0.39 is 0 Å². The summed E-state index contributed by atoms with van der Waals surface area (Å²) < 4.78 is 0. The van der Waals surface area contributed by atoms with Crippen molar-refractivity contribution in [3.63, 3.8) is 0 Å². The van der Waals surface area contributed by atoms with Crippen molar-refractivity contribution in [1.82, 2.24) is 15.5 Å². The first kappa shape index (κ1) is 9.04. The number of aromatic nitrogens is 2. The molecule has 0 fully saturated rings. The van der Waals surface area contributed by atoms with Gasteiger partial charge in [0.05, 0.1) is 18.3 Å². The highest BCUT2D eigenvalue weighted by atomic mass is 16.4. The molecule has 0 aliphatic heterocycles. The molecule has 0 aliphatic carbocycles. The fraction of sp³-hybridized carbons (Fsp3) is 0.167. The van der Waals surface area contributed by atoms with Crippen LogP contribution in [0.15, 0.2) is 17.5 Å². The first-order valence-corrected chi connectivity index (χ1v) is 3.47. The SMILES string of the molecule is NC(CNC(=O)c1cn[nH]c1)=NO. The average molecular weight is 183 g/mol. The standard InChI is InChI=1S/C6H9N5O2/c7-5(11-13)3-8-6(12)4-1-9-10-2-4/h1-2,13H,3H2,(H2,7,11)(H,8,12)(H,9,10). The molecule has 0 radical (unpaired) electrons. The predicted octanol–water partition coefficient (Wildman–Crippen LogP) is -1.11. The van der Waals surface area contributed by atoms with Crippen LogP contribution in [0.5, 0.6) is 0 Å². The Morgan fingerprint density at radius 1 is 1.85 bits per heavy atom. The van der Waals surface area contributed by atoms with E-state index in [9.17, 15) is 4.79 Å². The topological polar surface area (TPSA) is 116 Å². The van der Waals surface area contributed by atoms with E-state index in [0.717, 1.165) is 0 Å². The first-order chi connectivity index (χ1) is 6.24. The second-order valence-electron chi connectivity index (χ2n) is 2.26. The minimum Gasteiger partial charge on any atom is -0.409 e. The van der Waals surface area contributed by atoms with Crippen LogP contribution in [0.3, 0.4) is 0 Å². The predicted molar refractivity (Wildman–Crippen MR) is 44.3 cm³/mol. The number of aromatic amines is 1. The van der Waals surface area contributed by atoms with Crippen molar-refractivity contribution in [2.75, 3.05) is 6.54 Å². The number of oxime groups is 1. The largest absolute Gasteiger partial charge is 0.409 e. The van der Waals surface area contributed by atoms with Crippen molar-refractivity contribution in [3.05, 3.63) is 18.0 Å². The zero-order chi connectivity index (χ0) is 9.68. The third-order valence-corrected chi connectivity index (χ3v) is 1.32. The van der Waals surface area contributed by atoms with Gasteiger partial charge in [0.25, 0.3) is 5.91 Å². The van der Waals surface area contributed by atoms with Crippen LogP contribution in [0.2, 0.25) is 0 Å². The molecule has 7 nitrogen and oxygen atoms in total. The maximum atomic E-state index is 11.2. The first-order valence-electron chi connectivity index (χ1n) is 3.47. The molecule has 0 bridgehead atoms. The van der Waals surface area contributed by atoms with Crippen LogP contribution in [0, 0.1) is 0 Å². The van der Waals surface area contributed by atoms with E-state index in [1.165, 1.54) is 12.4 Å². The zero-order valence-electron chi connectivity index (χ0n) is 6.69. The Morgan fingerprint density at radius 3 is 3.15 bits per heavy atom. The van der Waals surface area contributed by atoms with Crippen LogP contribution in [0.4, 0.5) is 0 Å². The Bertz CT molecular complexity index is 305. The van der Waals surface area contributed by atoms with Gasteiger partial charge in [-0.15, -0.1) is 0 Å². The number of carbonyl (C=O) groups is 1. The van der Waals surface area contributed by atoms with E-state index in [4.69, 9.17) is 10.9 Å². The summed E-state index contributed by atoms with van der Waals surface area (Å²) in [6.45, 7) is 0.000509. The lowest BCUT2D eigenvalue weighted by atomic mass is 10.3. The third-order valence-electron chi connectivity index (χ3n) is 1.32. The van der Waals surface area contributed by atoms with Gasteiger partial charge in [-0.25, -0.2) is 0 Å². The van der Waals surface area contributed by atoms with Crippen molar-refractivity contribution in [1.29, 1.82) is 0 Å². The molecule has 1 amide bonds. The van der Waals surface area contributed by atoms with Crippen molar-refractivity contribution in [2.45, 2.75) is 0 Å². The van der Waals surface area contributed by atoms with E-state index in [-0.39, 0.29) is 18.3 Å².